The van der Waals surface area contributed by atoms with Crippen LogP contribution in [0.1, 0.15) is 78.1 Å². The normalized spacial score (nSPS) is 20.6. The molecule has 3 heteroatoms. The molecule has 0 amide bonds. The van der Waals surface area contributed by atoms with Crippen molar-refractivity contribution in [2.75, 3.05) is 23.8 Å². The maximum absolute atomic E-state index is 3.82. The van der Waals surface area contributed by atoms with Crippen molar-refractivity contribution in [2.24, 2.45) is 0 Å². The molecule has 1 fully saturated rings. The van der Waals surface area contributed by atoms with Gasteiger partial charge >= 0.3 is 0 Å². The molecule has 0 aromatic heterocycles. The van der Waals surface area contributed by atoms with Crippen molar-refractivity contribution in [1.29, 1.82) is 0 Å². The van der Waals surface area contributed by atoms with Gasteiger partial charge in [-0.2, -0.15) is 23.5 Å². The van der Waals surface area contributed by atoms with Gasteiger partial charge in [-0.3, -0.25) is 0 Å². The first-order chi connectivity index (χ1) is 10.4. The third-order valence-electron chi connectivity index (χ3n) is 4.32. The second-order valence-corrected chi connectivity index (χ2v) is 8.81. The zero-order valence-corrected chi connectivity index (χ0v) is 16.0. The van der Waals surface area contributed by atoms with Crippen LogP contribution in [0.25, 0.3) is 0 Å². The minimum Gasteiger partial charge on any atom is -0.313 e. The fourth-order valence-corrected chi connectivity index (χ4v) is 5.91. The molecule has 0 saturated carbocycles. The monoisotopic (exact) mass is 331 g/mol. The molecular formula is C18H37NS2. The first kappa shape index (κ1) is 19.7. The average molecular weight is 332 g/mol. The molecule has 1 saturated heterocycles. The average Bonchev–Trinajstić information content (AvgIpc) is 2.53. The van der Waals surface area contributed by atoms with Gasteiger partial charge in [0.1, 0.15) is 0 Å². The van der Waals surface area contributed by atoms with Crippen LogP contribution in [-0.4, -0.2) is 35.1 Å². The number of rotatable bonds is 13. The standard InChI is InChI=1S/C18H37NS2/c1-3-5-6-7-8-9-10-11-12-17(19-13-4-2)18-16-20-14-15-21-18/h17-19H,3-16H2,1-2H3. The highest BCUT2D eigenvalue weighted by Gasteiger charge is 2.23. The Balaban J connectivity index is 2.08. The van der Waals surface area contributed by atoms with Gasteiger partial charge in [-0.1, -0.05) is 65.2 Å². The predicted molar refractivity (Wildman–Crippen MR) is 103 cm³/mol. The Morgan fingerprint density at radius 3 is 2.24 bits per heavy atom. The lowest BCUT2D eigenvalue weighted by Crippen LogP contribution is -2.41. The van der Waals surface area contributed by atoms with Gasteiger partial charge in [-0.15, -0.1) is 0 Å². The summed E-state index contributed by atoms with van der Waals surface area (Å²) in [7, 11) is 0. The molecule has 0 aliphatic carbocycles. The van der Waals surface area contributed by atoms with E-state index >= 15 is 0 Å². The summed E-state index contributed by atoms with van der Waals surface area (Å²) in [5, 5.41) is 4.68. The lowest BCUT2D eigenvalue weighted by Gasteiger charge is -2.30. The van der Waals surface area contributed by atoms with Gasteiger partial charge in [0, 0.05) is 28.6 Å². The molecule has 126 valence electrons. The molecule has 1 rings (SSSR count). The Bertz CT molecular complexity index is 217. The van der Waals surface area contributed by atoms with Crippen molar-refractivity contribution in [3.05, 3.63) is 0 Å². The van der Waals surface area contributed by atoms with Crippen molar-refractivity contribution >= 4 is 23.5 Å². The summed E-state index contributed by atoms with van der Waals surface area (Å²) in [5.41, 5.74) is 0. The lowest BCUT2D eigenvalue weighted by molar-refractivity contribution is 0.450. The Labute approximate surface area is 142 Å². The van der Waals surface area contributed by atoms with Gasteiger partial charge in [0.05, 0.1) is 0 Å². The van der Waals surface area contributed by atoms with Crippen molar-refractivity contribution in [3.63, 3.8) is 0 Å². The second kappa shape index (κ2) is 14.3. The molecule has 1 aliphatic heterocycles. The largest absolute Gasteiger partial charge is 0.313 e. The van der Waals surface area contributed by atoms with E-state index in [-0.39, 0.29) is 0 Å². The van der Waals surface area contributed by atoms with E-state index in [0.29, 0.717) is 0 Å². The Hall–Kier alpha value is 0.660. The molecule has 2 unspecified atom stereocenters. The second-order valence-electron chi connectivity index (χ2n) is 6.31. The highest BCUT2D eigenvalue weighted by molar-refractivity contribution is 8.06. The fourth-order valence-electron chi connectivity index (χ4n) is 2.99. The molecule has 1 aliphatic rings. The highest BCUT2D eigenvalue weighted by Crippen LogP contribution is 2.28. The zero-order chi connectivity index (χ0) is 15.2. The van der Waals surface area contributed by atoms with Crippen LogP contribution in [-0.2, 0) is 0 Å². The molecule has 2 atom stereocenters. The van der Waals surface area contributed by atoms with Crippen LogP contribution in [0.2, 0.25) is 0 Å². The van der Waals surface area contributed by atoms with Crippen LogP contribution >= 0.6 is 23.5 Å². The van der Waals surface area contributed by atoms with E-state index in [2.05, 4.69) is 42.7 Å². The SMILES string of the molecule is CCCCCCCCCCC(NCCC)C1CSCCS1. The van der Waals surface area contributed by atoms with Crippen LogP contribution in [0, 0.1) is 0 Å². The van der Waals surface area contributed by atoms with E-state index in [1.165, 1.54) is 88.0 Å². The highest BCUT2D eigenvalue weighted by atomic mass is 32.2. The Morgan fingerprint density at radius 1 is 0.905 bits per heavy atom. The Morgan fingerprint density at radius 2 is 1.62 bits per heavy atom. The maximum Gasteiger partial charge on any atom is 0.0291 e. The van der Waals surface area contributed by atoms with Crippen molar-refractivity contribution in [3.8, 4) is 0 Å². The number of hydrogen-bond acceptors (Lipinski definition) is 3. The number of unbranched alkanes of at least 4 members (excludes halogenated alkanes) is 7. The van der Waals surface area contributed by atoms with E-state index in [9.17, 15) is 0 Å². The van der Waals surface area contributed by atoms with Crippen molar-refractivity contribution in [2.45, 2.75) is 89.3 Å². The minimum atomic E-state index is 0.767. The maximum atomic E-state index is 3.82. The molecule has 1 heterocycles. The van der Waals surface area contributed by atoms with Crippen LogP contribution in [0.15, 0.2) is 0 Å². The van der Waals surface area contributed by atoms with Crippen LogP contribution in [0.3, 0.4) is 0 Å². The summed E-state index contributed by atoms with van der Waals surface area (Å²) in [6.07, 6.45) is 14.1. The van der Waals surface area contributed by atoms with Gasteiger partial charge < -0.3 is 5.32 Å². The third-order valence-corrected chi connectivity index (χ3v) is 7.24. The molecule has 0 spiro atoms. The van der Waals surface area contributed by atoms with Gasteiger partial charge in [0.2, 0.25) is 0 Å². The van der Waals surface area contributed by atoms with E-state index in [1.807, 2.05) is 0 Å². The summed E-state index contributed by atoms with van der Waals surface area (Å²) < 4.78 is 0. The first-order valence-electron chi connectivity index (χ1n) is 9.31. The molecule has 0 aromatic carbocycles. The van der Waals surface area contributed by atoms with Crippen LogP contribution < -0.4 is 5.32 Å². The van der Waals surface area contributed by atoms with Crippen LogP contribution in [0.5, 0.6) is 0 Å². The topological polar surface area (TPSA) is 12.0 Å². The van der Waals surface area contributed by atoms with Gasteiger partial charge in [0.25, 0.3) is 0 Å². The molecule has 1 nitrogen and oxygen atoms in total. The fraction of sp³-hybridized carbons (Fsp3) is 1.00. The molecule has 0 radical (unpaired) electrons. The summed E-state index contributed by atoms with van der Waals surface area (Å²) in [4.78, 5) is 0. The van der Waals surface area contributed by atoms with Gasteiger partial charge in [-0.25, -0.2) is 0 Å². The van der Waals surface area contributed by atoms with Gasteiger partial charge in [0.15, 0.2) is 0 Å². The summed E-state index contributed by atoms with van der Waals surface area (Å²) in [6.45, 7) is 5.78. The summed E-state index contributed by atoms with van der Waals surface area (Å²) >= 11 is 4.37. The third kappa shape index (κ3) is 10.1. The van der Waals surface area contributed by atoms with Crippen molar-refractivity contribution < 1.29 is 0 Å². The molecule has 0 aromatic rings. The van der Waals surface area contributed by atoms with Crippen molar-refractivity contribution in [1.82, 2.24) is 5.32 Å². The number of nitrogens with one attached hydrogen (secondary N) is 1. The molecular weight excluding hydrogens is 294 g/mol. The van der Waals surface area contributed by atoms with E-state index in [1.54, 1.807) is 0 Å². The van der Waals surface area contributed by atoms with E-state index in [0.717, 1.165) is 11.3 Å². The molecule has 0 bridgehead atoms. The minimum absolute atomic E-state index is 0.767. The Kier molecular flexibility index (Phi) is 13.4. The summed E-state index contributed by atoms with van der Waals surface area (Å²) in [5.74, 6) is 4.08. The van der Waals surface area contributed by atoms with Crippen LogP contribution in [0.4, 0.5) is 0 Å². The van der Waals surface area contributed by atoms with Gasteiger partial charge in [-0.05, 0) is 19.4 Å². The molecule has 1 N–H and O–H groups in total. The van der Waals surface area contributed by atoms with E-state index < -0.39 is 0 Å². The predicted octanol–water partition coefficient (Wildman–Crippen LogP) is 5.73. The lowest BCUT2D eigenvalue weighted by atomic mass is 10.0. The molecule has 21 heavy (non-hydrogen) atoms. The number of thioether (sulfide) groups is 2. The smallest absolute Gasteiger partial charge is 0.0291 e. The summed E-state index contributed by atoms with van der Waals surface area (Å²) in [6, 6.07) is 0.767. The number of hydrogen-bond donors (Lipinski definition) is 1. The van der Waals surface area contributed by atoms with E-state index in [4.69, 9.17) is 0 Å². The zero-order valence-electron chi connectivity index (χ0n) is 14.4. The quantitative estimate of drug-likeness (QED) is 0.433. The first-order valence-corrected chi connectivity index (χ1v) is 11.5.